The molecule has 0 amide bonds. The van der Waals surface area contributed by atoms with E-state index in [1.54, 1.807) is 18.2 Å². The SMILES string of the molecule is Fc1ccccc1/C=N/NC(=S)NCC1CCCO1. The maximum absolute atomic E-state index is 13.3. The van der Waals surface area contributed by atoms with Gasteiger partial charge >= 0.3 is 0 Å². The van der Waals surface area contributed by atoms with E-state index in [-0.39, 0.29) is 11.9 Å². The first-order chi connectivity index (χ1) is 9.25. The summed E-state index contributed by atoms with van der Waals surface area (Å²) >= 11 is 5.05. The fourth-order valence-electron chi connectivity index (χ4n) is 1.79. The highest BCUT2D eigenvalue weighted by Gasteiger charge is 2.14. The molecule has 1 unspecified atom stereocenters. The predicted octanol–water partition coefficient (Wildman–Crippen LogP) is 1.80. The third-order valence-corrected chi connectivity index (χ3v) is 3.02. The molecule has 0 spiro atoms. The second-order valence-corrected chi connectivity index (χ2v) is 4.64. The summed E-state index contributed by atoms with van der Waals surface area (Å²) in [5.41, 5.74) is 3.06. The van der Waals surface area contributed by atoms with Crippen molar-refractivity contribution in [2.75, 3.05) is 13.2 Å². The van der Waals surface area contributed by atoms with Crippen molar-refractivity contribution in [1.82, 2.24) is 10.7 Å². The van der Waals surface area contributed by atoms with Crippen LogP contribution in [-0.2, 0) is 4.74 Å². The van der Waals surface area contributed by atoms with Crippen LogP contribution in [0.3, 0.4) is 0 Å². The van der Waals surface area contributed by atoms with Gasteiger partial charge in [-0.25, -0.2) is 4.39 Å². The van der Waals surface area contributed by atoms with Crippen molar-refractivity contribution in [2.45, 2.75) is 18.9 Å². The van der Waals surface area contributed by atoms with Crippen LogP contribution in [0.25, 0.3) is 0 Å². The highest BCUT2D eigenvalue weighted by atomic mass is 32.1. The first-order valence-electron chi connectivity index (χ1n) is 6.19. The summed E-state index contributed by atoms with van der Waals surface area (Å²) in [6.45, 7) is 1.49. The summed E-state index contributed by atoms with van der Waals surface area (Å²) in [5.74, 6) is -0.314. The van der Waals surface area contributed by atoms with Crippen molar-refractivity contribution >= 4 is 23.5 Å². The van der Waals surface area contributed by atoms with Gasteiger partial charge in [-0.2, -0.15) is 5.10 Å². The van der Waals surface area contributed by atoms with Gasteiger partial charge in [0.2, 0.25) is 0 Å². The number of rotatable bonds is 4. The van der Waals surface area contributed by atoms with Gasteiger partial charge in [0.1, 0.15) is 5.82 Å². The summed E-state index contributed by atoms with van der Waals surface area (Å²) < 4.78 is 18.7. The Morgan fingerprint density at radius 1 is 1.53 bits per heavy atom. The predicted molar refractivity (Wildman–Crippen MR) is 76.7 cm³/mol. The third kappa shape index (κ3) is 4.57. The number of thiocarbonyl (C=S) groups is 1. The second kappa shape index (κ2) is 7.16. The van der Waals surface area contributed by atoms with E-state index in [1.807, 2.05) is 0 Å². The van der Waals surface area contributed by atoms with Gasteiger partial charge < -0.3 is 10.1 Å². The minimum absolute atomic E-state index is 0.218. The zero-order valence-electron chi connectivity index (χ0n) is 10.4. The molecule has 1 aromatic carbocycles. The molecule has 4 nitrogen and oxygen atoms in total. The molecule has 2 rings (SSSR count). The first-order valence-corrected chi connectivity index (χ1v) is 6.59. The number of benzene rings is 1. The maximum atomic E-state index is 13.3. The molecule has 0 saturated carbocycles. The zero-order chi connectivity index (χ0) is 13.5. The lowest BCUT2D eigenvalue weighted by Gasteiger charge is -2.11. The lowest BCUT2D eigenvalue weighted by atomic mass is 10.2. The monoisotopic (exact) mass is 281 g/mol. The molecule has 102 valence electrons. The molecule has 6 heteroatoms. The van der Waals surface area contributed by atoms with Gasteiger partial charge in [0, 0.05) is 18.7 Å². The van der Waals surface area contributed by atoms with Crippen LogP contribution in [0.1, 0.15) is 18.4 Å². The first kappa shape index (κ1) is 13.9. The van der Waals surface area contributed by atoms with Crippen molar-refractivity contribution < 1.29 is 9.13 Å². The van der Waals surface area contributed by atoms with Crippen LogP contribution < -0.4 is 10.7 Å². The minimum atomic E-state index is -0.314. The molecule has 1 aromatic rings. The average molecular weight is 281 g/mol. The molecular weight excluding hydrogens is 265 g/mol. The Labute approximate surface area is 117 Å². The van der Waals surface area contributed by atoms with Crippen LogP contribution in [0.4, 0.5) is 4.39 Å². The number of hydrogen-bond donors (Lipinski definition) is 2. The summed E-state index contributed by atoms with van der Waals surface area (Å²) in [5, 5.41) is 7.31. The van der Waals surface area contributed by atoms with E-state index in [2.05, 4.69) is 15.8 Å². The molecular formula is C13H16FN3OS. The maximum Gasteiger partial charge on any atom is 0.187 e. The smallest absolute Gasteiger partial charge is 0.187 e. The molecule has 1 aliphatic rings. The molecule has 0 bridgehead atoms. The average Bonchev–Trinajstić information content (AvgIpc) is 2.92. The summed E-state index contributed by atoms with van der Waals surface area (Å²) in [7, 11) is 0. The summed E-state index contributed by atoms with van der Waals surface area (Å²) in [6.07, 6.45) is 3.76. The quantitative estimate of drug-likeness (QED) is 0.502. The van der Waals surface area contributed by atoms with Crippen LogP contribution in [0.5, 0.6) is 0 Å². The molecule has 0 aliphatic carbocycles. The van der Waals surface area contributed by atoms with E-state index in [0.29, 0.717) is 17.2 Å². The van der Waals surface area contributed by atoms with E-state index >= 15 is 0 Å². The molecule has 1 fully saturated rings. The van der Waals surface area contributed by atoms with Gasteiger partial charge in [0.05, 0.1) is 12.3 Å². The minimum Gasteiger partial charge on any atom is -0.376 e. The van der Waals surface area contributed by atoms with Crippen molar-refractivity contribution in [3.05, 3.63) is 35.6 Å². The van der Waals surface area contributed by atoms with E-state index in [9.17, 15) is 4.39 Å². The molecule has 19 heavy (non-hydrogen) atoms. The molecule has 1 heterocycles. The number of hydrazone groups is 1. The van der Waals surface area contributed by atoms with Gasteiger partial charge in [-0.15, -0.1) is 0 Å². The number of ether oxygens (including phenoxy) is 1. The van der Waals surface area contributed by atoms with Gasteiger partial charge in [-0.3, -0.25) is 5.43 Å². The molecule has 1 aliphatic heterocycles. The van der Waals surface area contributed by atoms with Gasteiger partial charge in [0.15, 0.2) is 5.11 Å². The third-order valence-electron chi connectivity index (χ3n) is 2.79. The lowest BCUT2D eigenvalue weighted by molar-refractivity contribution is 0.114. The Morgan fingerprint density at radius 2 is 2.37 bits per heavy atom. The fourth-order valence-corrected chi connectivity index (χ4v) is 1.93. The standard InChI is InChI=1S/C13H16FN3OS/c14-12-6-2-1-4-10(12)8-16-17-13(19)15-9-11-5-3-7-18-11/h1-2,4,6,8,11H,3,5,7,9H2,(H2,15,17,19)/b16-8+. The van der Waals surface area contributed by atoms with Gasteiger partial charge in [-0.1, -0.05) is 18.2 Å². The van der Waals surface area contributed by atoms with E-state index in [4.69, 9.17) is 17.0 Å². The fraction of sp³-hybridized carbons (Fsp3) is 0.385. The molecule has 0 aromatic heterocycles. The van der Waals surface area contributed by atoms with Crippen molar-refractivity contribution in [3.63, 3.8) is 0 Å². The van der Waals surface area contributed by atoms with Crippen molar-refractivity contribution in [3.8, 4) is 0 Å². The summed E-state index contributed by atoms with van der Waals surface area (Å²) in [4.78, 5) is 0. The zero-order valence-corrected chi connectivity index (χ0v) is 11.3. The van der Waals surface area contributed by atoms with Crippen LogP contribution >= 0.6 is 12.2 Å². The number of nitrogens with zero attached hydrogens (tertiary/aromatic N) is 1. The molecule has 0 radical (unpaired) electrons. The Morgan fingerprint density at radius 3 is 3.11 bits per heavy atom. The normalized spacial score (nSPS) is 18.7. The Bertz CT molecular complexity index is 461. The largest absolute Gasteiger partial charge is 0.376 e. The van der Waals surface area contributed by atoms with Crippen LogP contribution in [0.2, 0.25) is 0 Å². The Hall–Kier alpha value is -1.53. The van der Waals surface area contributed by atoms with Crippen LogP contribution in [0, 0.1) is 5.82 Å². The topological polar surface area (TPSA) is 45.7 Å². The Balaban J connectivity index is 1.72. The van der Waals surface area contributed by atoms with Gasteiger partial charge in [-0.05, 0) is 31.1 Å². The highest BCUT2D eigenvalue weighted by Crippen LogP contribution is 2.10. The highest BCUT2D eigenvalue weighted by molar-refractivity contribution is 7.80. The van der Waals surface area contributed by atoms with Gasteiger partial charge in [0.25, 0.3) is 0 Å². The lowest BCUT2D eigenvalue weighted by Crippen LogP contribution is -2.37. The number of hydrogen-bond acceptors (Lipinski definition) is 3. The summed E-state index contributed by atoms with van der Waals surface area (Å²) in [6, 6.07) is 6.41. The molecule has 2 N–H and O–H groups in total. The van der Waals surface area contributed by atoms with E-state index in [0.717, 1.165) is 19.4 Å². The van der Waals surface area contributed by atoms with Crippen LogP contribution in [-0.4, -0.2) is 30.6 Å². The second-order valence-electron chi connectivity index (χ2n) is 4.24. The van der Waals surface area contributed by atoms with Crippen molar-refractivity contribution in [2.24, 2.45) is 5.10 Å². The molecule has 1 atom stereocenters. The van der Waals surface area contributed by atoms with E-state index < -0.39 is 0 Å². The van der Waals surface area contributed by atoms with E-state index in [1.165, 1.54) is 12.3 Å². The molecule has 1 saturated heterocycles. The Kier molecular flexibility index (Phi) is 5.23. The number of nitrogens with one attached hydrogen (secondary N) is 2. The number of halogens is 1. The van der Waals surface area contributed by atoms with Crippen molar-refractivity contribution in [1.29, 1.82) is 0 Å². The van der Waals surface area contributed by atoms with Crippen LogP contribution in [0.15, 0.2) is 29.4 Å².